The summed E-state index contributed by atoms with van der Waals surface area (Å²) in [6.07, 6.45) is -2.49. The Hall–Kier alpha value is -2.17. The molecule has 1 heterocycles. The van der Waals surface area contributed by atoms with Crippen LogP contribution >= 0.6 is 0 Å². The molecule has 0 saturated carbocycles. The van der Waals surface area contributed by atoms with Gasteiger partial charge in [0.05, 0.1) is 0 Å². The Labute approximate surface area is 108 Å². The number of hydrogen-bond acceptors (Lipinski definition) is 3. The Morgan fingerprint density at radius 2 is 2.00 bits per heavy atom. The van der Waals surface area contributed by atoms with Crippen LogP contribution in [0.15, 0.2) is 30.3 Å². The van der Waals surface area contributed by atoms with E-state index in [1.807, 2.05) is 0 Å². The van der Waals surface area contributed by atoms with Crippen molar-refractivity contribution in [2.24, 2.45) is 0 Å². The van der Waals surface area contributed by atoms with Gasteiger partial charge < -0.3 is 4.90 Å². The van der Waals surface area contributed by atoms with Gasteiger partial charge in [-0.05, 0) is 12.0 Å². The zero-order valence-electron chi connectivity index (χ0n) is 11.9. The number of imide groups is 3. The zero-order valence-corrected chi connectivity index (χ0v) is 9.92. The lowest BCUT2D eigenvalue weighted by molar-refractivity contribution is -0.138. The van der Waals surface area contributed by atoms with E-state index in [0.717, 1.165) is 4.90 Å². The molecule has 18 heavy (non-hydrogen) atoms. The predicted octanol–water partition coefficient (Wildman–Crippen LogP) is 1.04. The van der Waals surface area contributed by atoms with Crippen LogP contribution in [-0.4, -0.2) is 41.2 Å². The van der Waals surface area contributed by atoms with Gasteiger partial charge in [-0.3, -0.25) is 9.59 Å². The summed E-state index contributed by atoms with van der Waals surface area (Å²) >= 11 is 0. The van der Waals surface area contributed by atoms with Gasteiger partial charge in [0, 0.05) is 16.2 Å². The van der Waals surface area contributed by atoms with Gasteiger partial charge in [-0.15, -0.1) is 0 Å². The van der Waals surface area contributed by atoms with Crippen molar-refractivity contribution in [2.75, 3.05) is 13.6 Å². The number of aryl methyl sites for hydroxylation is 1. The Kier molecular flexibility index (Phi) is 2.72. The van der Waals surface area contributed by atoms with E-state index >= 15 is 0 Å². The molecule has 1 saturated heterocycles. The molecule has 1 aromatic rings. The normalized spacial score (nSPS) is 17.8. The van der Waals surface area contributed by atoms with E-state index in [2.05, 4.69) is 0 Å². The average molecular weight is 248 g/mol. The molecule has 0 spiro atoms. The molecule has 0 atom stereocenters. The van der Waals surface area contributed by atoms with E-state index in [1.54, 1.807) is 30.3 Å². The molecular weight excluding hydrogens is 232 g/mol. The molecule has 2 rings (SSSR count). The summed E-state index contributed by atoms with van der Waals surface area (Å²) in [5.74, 6) is -1.81. The second kappa shape index (κ2) is 5.00. The molecule has 0 unspecified atom stereocenters. The van der Waals surface area contributed by atoms with Crippen molar-refractivity contribution in [3.63, 3.8) is 0 Å². The maximum absolute atomic E-state index is 12.1. The standard InChI is InChI=1S/C13H14N2O3/c1-14-9-12(17)15(13(14)18)11(16)8-7-10-5-3-2-4-6-10/h2-6H,7-9H2,1H3/i8D2. The van der Waals surface area contributed by atoms with Crippen LogP contribution in [0.4, 0.5) is 4.79 Å². The molecule has 4 amide bonds. The molecule has 1 fully saturated rings. The van der Waals surface area contributed by atoms with E-state index in [1.165, 1.54) is 7.05 Å². The van der Waals surface area contributed by atoms with Crippen LogP contribution < -0.4 is 0 Å². The second-order valence-electron chi connectivity index (χ2n) is 4.01. The van der Waals surface area contributed by atoms with E-state index in [4.69, 9.17) is 2.74 Å². The predicted molar refractivity (Wildman–Crippen MR) is 64.6 cm³/mol. The first kappa shape index (κ1) is 9.82. The molecule has 94 valence electrons. The topological polar surface area (TPSA) is 57.7 Å². The van der Waals surface area contributed by atoms with Crippen molar-refractivity contribution in [3.05, 3.63) is 35.9 Å². The zero-order chi connectivity index (χ0) is 14.9. The summed E-state index contributed by atoms with van der Waals surface area (Å²) in [5.41, 5.74) is 0.623. The number of hydrogen-bond donors (Lipinski definition) is 0. The van der Waals surface area contributed by atoms with Crippen LogP contribution in [0.25, 0.3) is 0 Å². The minimum atomic E-state index is -2.31. The first-order chi connectivity index (χ1) is 9.33. The Balaban J connectivity index is 2.19. The summed E-state index contributed by atoms with van der Waals surface area (Å²) in [6.45, 7) is -0.202. The molecule has 0 radical (unpaired) electrons. The van der Waals surface area contributed by atoms with Crippen LogP contribution in [0.1, 0.15) is 14.7 Å². The number of benzene rings is 1. The van der Waals surface area contributed by atoms with Crippen molar-refractivity contribution >= 4 is 17.8 Å². The van der Waals surface area contributed by atoms with Gasteiger partial charge in [0.2, 0.25) is 5.91 Å². The highest BCUT2D eigenvalue weighted by molar-refractivity contribution is 6.14. The molecule has 1 aliphatic rings. The first-order valence-electron chi connectivity index (χ1n) is 6.49. The third-order valence-corrected chi connectivity index (χ3v) is 2.63. The highest BCUT2D eigenvalue weighted by Crippen LogP contribution is 2.11. The maximum atomic E-state index is 12.1. The van der Waals surface area contributed by atoms with E-state index in [-0.39, 0.29) is 13.0 Å². The largest absolute Gasteiger partial charge is 0.333 e. The van der Waals surface area contributed by atoms with Gasteiger partial charge in [0.1, 0.15) is 6.54 Å². The van der Waals surface area contributed by atoms with Crippen molar-refractivity contribution < 1.29 is 17.1 Å². The fraction of sp³-hybridized carbons (Fsp3) is 0.308. The minimum absolute atomic E-state index is 0.187. The number of carbonyl (C=O) groups is 3. The fourth-order valence-corrected chi connectivity index (χ4v) is 1.67. The van der Waals surface area contributed by atoms with E-state index in [0.29, 0.717) is 10.5 Å². The maximum Gasteiger partial charge on any atom is 0.333 e. The van der Waals surface area contributed by atoms with Crippen molar-refractivity contribution in [1.29, 1.82) is 0 Å². The average Bonchev–Trinajstić information content (AvgIpc) is 2.63. The third-order valence-electron chi connectivity index (χ3n) is 2.63. The SMILES string of the molecule is [2H]C([2H])(Cc1ccccc1)C(=O)N1C(=O)CN(C)C1=O. The highest BCUT2D eigenvalue weighted by atomic mass is 16.2. The van der Waals surface area contributed by atoms with E-state index < -0.39 is 24.2 Å². The molecule has 0 bridgehead atoms. The van der Waals surface area contributed by atoms with Crippen LogP contribution in [-0.2, 0) is 16.0 Å². The van der Waals surface area contributed by atoms with Gasteiger partial charge in [0.25, 0.3) is 5.91 Å². The number of amides is 4. The lowest BCUT2D eigenvalue weighted by Crippen LogP contribution is -2.37. The van der Waals surface area contributed by atoms with Crippen LogP contribution in [0.5, 0.6) is 0 Å². The quantitative estimate of drug-likeness (QED) is 0.751. The Bertz CT molecular complexity index is 560. The Morgan fingerprint density at radius 1 is 1.33 bits per heavy atom. The van der Waals surface area contributed by atoms with Crippen molar-refractivity contribution in [3.8, 4) is 0 Å². The monoisotopic (exact) mass is 248 g/mol. The van der Waals surface area contributed by atoms with Crippen molar-refractivity contribution in [2.45, 2.75) is 12.8 Å². The highest BCUT2D eigenvalue weighted by Gasteiger charge is 2.37. The van der Waals surface area contributed by atoms with Crippen molar-refractivity contribution in [1.82, 2.24) is 9.80 Å². The Morgan fingerprint density at radius 3 is 2.56 bits per heavy atom. The first-order valence-corrected chi connectivity index (χ1v) is 5.49. The lowest BCUT2D eigenvalue weighted by atomic mass is 10.1. The van der Waals surface area contributed by atoms with Gasteiger partial charge in [-0.2, -0.15) is 4.90 Å². The van der Waals surface area contributed by atoms with Crippen LogP contribution in [0.3, 0.4) is 0 Å². The number of carbonyl (C=O) groups excluding carboxylic acids is 3. The molecule has 1 aliphatic heterocycles. The molecular formula is C13H14N2O3. The fourth-order valence-electron chi connectivity index (χ4n) is 1.67. The van der Waals surface area contributed by atoms with Gasteiger partial charge in [-0.1, -0.05) is 30.3 Å². The number of likely N-dealkylation sites (N-methyl/N-ethyl adjacent to an activating group) is 1. The molecule has 0 N–H and O–H groups in total. The lowest BCUT2D eigenvalue weighted by Gasteiger charge is -2.12. The third kappa shape index (κ3) is 2.40. The number of urea groups is 1. The second-order valence-corrected chi connectivity index (χ2v) is 4.01. The molecule has 5 nitrogen and oxygen atoms in total. The summed E-state index contributed by atoms with van der Waals surface area (Å²) < 4.78 is 15.7. The summed E-state index contributed by atoms with van der Waals surface area (Å²) in [4.78, 5) is 36.9. The van der Waals surface area contributed by atoms with E-state index in [9.17, 15) is 14.4 Å². The summed E-state index contributed by atoms with van der Waals surface area (Å²) in [6, 6.07) is 7.84. The summed E-state index contributed by atoms with van der Waals surface area (Å²) in [5, 5.41) is 0. The van der Waals surface area contributed by atoms with Gasteiger partial charge in [0.15, 0.2) is 0 Å². The molecule has 0 aromatic heterocycles. The molecule has 1 aromatic carbocycles. The minimum Gasteiger partial charge on any atom is -0.318 e. The van der Waals surface area contributed by atoms with Gasteiger partial charge >= 0.3 is 6.03 Å². The van der Waals surface area contributed by atoms with Crippen LogP contribution in [0.2, 0.25) is 0 Å². The van der Waals surface area contributed by atoms with Crippen LogP contribution in [0, 0.1) is 0 Å². The van der Waals surface area contributed by atoms with Gasteiger partial charge in [-0.25, -0.2) is 4.79 Å². The molecule has 5 heteroatoms. The number of nitrogens with zero attached hydrogens (tertiary/aromatic N) is 2. The number of rotatable bonds is 3. The molecule has 0 aliphatic carbocycles. The smallest absolute Gasteiger partial charge is 0.318 e. The summed E-state index contributed by atoms with van der Waals surface area (Å²) in [7, 11) is 1.39.